The van der Waals surface area contributed by atoms with Crippen LogP contribution in [0.2, 0.25) is 0 Å². The van der Waals surface area contributed by atoms with Crippen molar-refractivity contribution in [2.45, 2.75) is 23.3 Å². The van der Waals surface area contributed by atoms with Gasteiger partial charge in [-0.1, -0.05) is 23.2 Å². The van der Waals surface area contributed by atoms with Crippen LogP contribution in [0.4, 0.5) is 26.3 Å². The van der Waals surface area contributed by atoms with Gasteiger partial charge in [-0.25, -0.2) is 9.18 Å². The fraction of sp³-hybridized carbons (Fsp3) is 0.800. The molecule has 2 nitrogen and oxygen atoms in total. The standard InChI is InChI=1S/C5H2Cl2F6O2/c6-1(7)2(14)15-5(12,13)3(8)4(9,10)11/h1,3H. The molecule has 0 aliphatic heterocycles. The summed E-state index contributed by atoms with van der Waals surface area (Å²) in [6.45, 7) is 0. The average molecular weight is 279 g/mol. The summed E-state index contributed by atoms with van der Waals surface area (Å²) >= 11 is 9.41. The van der Waals surface area contributed by atoms with E-state index in [4.69, 9.17) is 23.2 Å². The molecule has 1 atom stereocenters. The summed E-state index contributed by atoms with van der Waals surface area (Å²) in [6, 6.07) is 0. The molecule has 0 aliphatic carbocycles. The Morgan fingerprint density at radius 3 is 1.80 bits per heavy atom. The largest absolute Gasteiger partial charge is 0.441 e. The number of hydrogen-bond acceptors (Lipinski definition) is 2. The minimum atomic E-state index is -5.86. The molecule has 0 aromatic rings. The van der Waals surface area contributed by atoms with Crippen molar-refractivity contribution in [1.29, 1.82) is 0 Å². The number of rotatable bonds is 3. The van der Waals surface area contributed by atoms with Gasteiger partial charge in [-0.3, -0.25) is 0 Å². The Bertz CT molecular complexity index is 240. The molecule has 0 saturated heterocycles. The van der Waals surface area contributed by atoms with E-state index >= 15 is 0 Å². The molecule has 0 spiro atoms. The molecule has 0 aromatic carbocycles. The molecule has 10 heteroatoms. The molecule has 1 unspecified atom stereocenters. The first kappa shape index (κ1) is 14.6. The van der Waals surface area contributed by atoms with E-state index in [-0.39, 0.29) is 0 Å². The van der Waals surface area contributed by atoms with Crippen LogP contribution in [0.15, 0.2) is 0 Å². The maximum Gasteiger partial charge on any atom is 0.441 e. The molecular formula is C5H2Cl2F6O2. The summed E-state index contributed by atoms with van der Waals surface area (Å²) in [5.74, 6) is -2.07. The Morgan fingerprint density at radius 2 is 1.53 bits per heavy atom. The molecular weight excluding hydrogens is 277 g/mol. The van der Waals surface area contributed by atoms with Crippen molar-refractivity contribution < 1.29 is 35.9 Å². The fourth-order valence-corrected chi connectivity index (χ4v) is 0.510. The number of halogens is 8. The maximum atomic E-state index is 12.3. The third-order valence-corrected chi connectivity index (χ3v) is 1.35. The van der Waals surface area contributed by atoms with Crippen LogP contribution in [0.1, 0.15) is 0 Å². The fourth-order valence-electron chi connectivity index (χ4n) is 0.421. The van der Waals surface area contributed by atoms with Gasteiger partial charge in [0, 0.05) is 0 Å². The maximum absolute atomic E-state index is 12.3. The summed E-state index contributed by atoms with van der Waals surface area (Å²) in [5, 5.41) is 0. The van der Waals surface area contributed by atoms with Crippen molar-refractivity contribution in [3.8, 4) is 0 Å². The van der Waals surface area contributed by atoms with E-state index in [0.29, 0.717) is 0 Å². The Labute approximate surface area is 89.1 Å². The Kier molecular flexibility index (Phi) is 4.53. The summed E-state index contributed by atoms with van der Waals surface area (Å²) in [5.41, 5.74) is 0. The third-order valence-electron chi connectivity index (χ3n) is 0.997. The van der Waals surface area contributed by atoms with Crippen LogP contribution in [0, 0.1) is 0 Å². The van der Waals surface area contributed by atoms with Crippen molar-refractivity contribution in [1.82, 2.24) is 0 Å². The lowest BCUT2D eigenvalue weighted by Gasteiger charge is -2.22. The van der Waals surface area contributed by atoms with E-state index in [1.165, 1.54) is 0 Å². The van der Waals surface area contributed by atoms with Gasteiger partial charge < -0.3 is 4.74 Å². The van der Waals surface area contributed by atoms with E-state index in [2.05, 4.69) is 4.74 Å². The van der Waals surface area contributed by atoms with Crippen molar-refractivity contribution >= 4 is 29.2 Å². The molecule has 15 heavy (non-hydrogen) atoms. The number of carbonyl (C=O) groups is 1. The van der Waals surface area contributed by atoms with Crippen LogP contribution in [0.5, 0.6) is 0 Å². The predicted octanol–water partition coefficient (Wildman–Crippen LogP) is 2.83. The molecule has 0 fully saturated rings. The summed E-state index contributed by atoms with van der Waals surface area (Å²) in [7, 11) is 0. The summed E-state index contributed by atoms with van der Waals surface area (Å²) in [6.07, 6.45) is -15.9. The number of alkyl halides is 8. The van der Waals surface area contributed by atoms with Crippen LogP contribution >= 0.6 is 23.2 Å². The first-order valence-electron chi connectivity index (χ1n) is 3.08. The highest BCUT2D eigenvalue weighted by Gasteiger charge is 2.60. The number of esters is 1. The highest BCUT2D eigenvalue weighted by Crippen LogP contribution is 2.36. The molecule has 0 bridgehead atoms. The first-order chi connectivity index (χ1) is 6.48. The monoisotopic (exact) mass is 278 g/mol. The van der Waals surface area contributed by atoms with E-state index in [1.54, 1.807) is 0 Å². The second-order valence-corrected chi connectivity index (χ2v) is 3.28. The van der Waals surface area contributed by atoms with E-state index in [1.807, 2.05) is 0 Å². The minimum Gasteiger partial charge on any atom is -0.396 e. The second kappa shape index (κ2) is 4.65. The summed E-state index contributed by atoms with van der Waals surface area (Å²) < 4.78 is 73.9. The van der Waals surface area contributed by atoms with Crippen LogP contribution in [-0.2, 0) is 9.53 Å². The number of hydrogen-bond donors (Lipinski definition) is 0. The van der Waals surface area contributed by atoms with Crippen molar-refractivity contribution in [2.75, 3.05) is 0 Å². The normalized spacial score (nSPS) is 15.3. The quantitative estimate of drug-likeness (QED) is 0.451. The zero-order valence-electron chi connectivity index (χ0n) is 6.49. The third kappa shape index (κ3) is 4.33. The van der Waals surface area contributed by atoms with E-state index in [0.717, 1.165) is 0 Å². The topological polar surface area (TPSA) is 26.3 Å². The van der Waals surface area contributed by atoms with Gasteiger partial charge >= 0.3 is 18.3 Å². The molecule has 0 amide bonds. The Morgan fingerprint density at radius 1 is 1.13 bits per heavy atom. The molecule has 0 N–H and O–H groups in total. The molecule has 0 saturated carbocycles. The van der Waals surface area contributed by atoms with Gasteiger partial charge in [0.05, 0.1) is 0 Å². The lowest BCUT2D eigenvalue weighted by Crippen LogP contribution is -2.45. The summed E-state index contributed by atoms with van der Waals surface area (Å²) in [4.78, 5) is 8.16. The van der Waals surface area contributed by atoms with Crippen LogP contribution in [0.3, 0.4) is 0 Å². The molecule has 0 rings (SSSR count). The van der Waals surface area contributed by atoms with Gasteiger partial charge in [-0.05, 0) is 0 Å². The lowest BCUT2D eigenvalue weighted by atomic mass is 10.3. The van der Waals surface area contributed by atoms with E-state index < -0.39 is 29.3 Å². The molecule has 0 aromatic heterocycles. The Hall–Kier alpha value is -0.370. The molecule has 0 heterocycles. The molecule has 0 aliphatic rings. The van der Waals surface area contributed by atoms with Gasteiger partial charge in [-0.2, -0.15) is 22.0 Å². The predicted molar refractivity (Wildman–Crippen MR) is 37.5 cm³/mol. The van der Waals surface area contributed by atoms with Crippen molar-refractivity contribution in [2.24, 2.45) is 0 Å². The second-order valence-electron chi connectivity index (χ2n) is 2.19. The van der Waals surface area contributed by atoms with Gasteiger partial charge in [0.15, 0.2) is 0 Å². The average Bonchev–Trinajstić information content (AvgIpc) is 2.00. The number of carbonyl (C=O) groups excluding carboxylic acids is 1. The minimum absolute atomic E-state index is 2.07. The SMILES string of the molecule is O=C(OC(F)(F)C(F)C(F)(F)F)C(Cl)Cl. The first-order valence-corrected chi connectivity index (χ1v) is 3.95. The van der Waals surface area contributed by atoms with Crippen molar-refractivity contribution in [3.63, 3.8) is 0 Å². The highest BCUT2D eigenvalue weighted by molar-refractivity contribution is 6.52. The lowest BCUT2D eigenvalue weighted by molar-refractivity contribution is -0.321. The van der Waals surface area contributed by atoms with Gasteiger partial charge in [-0.15, -0.1) is 0 Å². The van der Waals surface area contributed by atoms with Gasteiger partial charge in [0.2, 0.25) is 4.84 Å². The number of ether oxygens (including phenoxy) is 1. The van der Waals surface area contributed by atoms with E-state index in [9.17, 15) is 31.1 Å². The molecule has 0 radical (unpaired) electrons. The zero-order chi connectivity index (χ0) is 12.4. The zero-order valence-corrected chi connectivity index (χ0v) is 8.01. The highest BCUT2D eigenvalue weighted by atomic mass is 35.5. The van der Waals surface area contributed by atoms with Crippen LogP contribution in [-0.4, -0.2) is 29.3 Å². The van der Waals surface area contributed by atoms with Gasteiger partial charge in [0.25, 0.3) is 6.17 Å². The van der Waals surface area contributed by atoms with Crippen LogP contribution < -0.4 is 0 Å². The molecule has 90 valence electrons. The van der Waals surface area contributed by atoms with Gasteiger partial charge in [0.1, 0.15) is 0 Å². The Balaban J connectivity index is 4.62. The smallest absolute Gasteiger partial charge is 0.396 e. The van der Waals surface area contributed by atoms with Crippen LogP contribution in [0.25, 0.3) is 0 Å². The van der Waals surface area contributed by atoms with Crippen molar-refractivity contribution in [3.05, 3.63) is 0 Å².